The van der Waals surface area contributed by atoms with Crippen molar-refractivity contribution in [3.05, 3.63) is 64.7 Å². The highest BCUT2D eigenvalue weighted by atomic mass is 16.1. The SMILES string of the molecule is O=c1[nH]n(Cc2ccncc2)c2ccccc12. The molecule has 0 spiro atoms. The fourth-order valence-electron chi connectivity index (χ4n) is 1.94. The lowest BCUT2D eigenvalue weighted by molar-refractivity contribution is 0.702. The summed E-state index contributed by atoms with van der Waals surface area (Å²) >= 11 is 0. The van der Waals surface area contributed by atoms with Crippen molar-refractivity contribution in [2.75, 3.05) is 0 Å². The van der Waals surface area contributed by atoms with Gasteiger partial charge in [0.2, 0.25) is 0 Å². The first-order valence-electron chi connectivity index (χ1n) is 5.41. The Kier molecular flexibility index (Phi) is 2.26. The summed E-state index contributed by atoms with van der Waals surface area (Å²) in [5.41, 5.74) is 1.99. The fraction of sp³-hybridized carbons (Fsp3) is 0.0769. The average molecular weight is 225 g/mol. The molecule has 2 aromatic heterocycles. The number of nitrogens with zero attached hydrogens (tertiary/aromatic N) is 2. The minimum absolute atomic E-state index is 0.0466. The van der Waals surface area contributed by atoms with E-state index in [2.05, 4.69) is 10.1 Å². The number of pyridine rings is 1. The molecule has 0 amide bonds. The van der Waals surface area contributed by atoms with E-state index >= 15 is 0 Å². The van der Waals surface area contributed by atoms with Crippen LogP contribution in [0.4, 0.5) is 0 Å². The minimum atomic E-state index is -0.0466. The van der Waals surface area contributed by atoms with Crippen molar-refractivity contribution in [2.45, 2.75) is 6.54 Å². The van der Waals surface area contributed by atoms with E-state index in [9.17, 15) is 4.79 Å². The van der Waals surface area contributed by atoms with E-state index in [4.69, 9.17) is 0 Å². The molecule has 0 fully saturated rings. The first kappa shape index (κ1) is 9.84. The molecule has 4 heteroatoms. The lowest BCUT2D eigenvalue weighted by Gasteiger charge is -2.03. The van der Waals surface area contributed by atoms with Gasteiger partial charge in [-0.3, -0.25) is 19.6 Å². The third kappa shape index (κ3) is 1.73. The Morgan fingerprint density at radius 1 is 1.12 bits per heavy atom. The number of H-pyrrole nitrogens is 1. The topological polar surface area (TPSA) is 50.7 Å². The predicted molar refractivity (Wildman–Crippen MR) is 65.9 cm³/mol. The van der Waals surface area contributed by atoms with Crippen molar-refractivity contribution in [2.24, 2.45) is 0 Å². The molecular weight excluding hydrogens is 214 g/mol. The fourth-order valence-corrected chi connectivity index (χ4v) is 1.94. The van der Waals surface area contributed by atoms with Crippen LogP contribution in [0, 0.1) is 0 Å². The number of hydrogen-bond acceptors (Lipinski definition) is 2. The van der Waals surface area contributed by atoms with Crippen molar-refractivity contribution < 1.29 is 0 Å². The van der Waals surface area contributed by atoms with Gasteiger partial charge in [0.05, 0.1) is 17.4 Å². The van der Waals surface area contributed by atoms with Gasteiger partial charge in [-0.2, -0.15) is 0 Å². The highest BCUT2D eigenvalue weighted by molar-refractivity contribution is 5.78. The highest BCUT2D eigenvalue weighted by Gasteiger charge is 2.05. The first-order valence-corrected chi connectivity index (χ1v) is 5.41. The van der Waals surface area contributed by atoms with Gasteiger partial charge in [-0.15, -0.1) is 0 Å². The molecule has 1 N–H and O–H groups in total. The maximum absolute atomic E-state index is 11.7. The number of benzene rings is 1. The lowest BCUT2D eigenvalue weighted by Crippen LogP contribution is -2.06. The molecule has 3 rings (SSSR count). The van der Waals surface area contributed by atoms with Crippen LogP contribution >= 0.6 is 0 Å². The smallest absolute Gasteiger partial charge is 0.271 e. The summed E-state index contributed by atoms with van der Waals surface area (Å²) in [4.78, 5) is 15.7. The van der Waals surface area contributed by atoms with Crippen LogP contribution in [0.5, 0.6) is 0 Å². The third-order valence-electron chi connectivity index (χ3n) is 2.77. The Balaban J connectivity index is 2.10. The summed E-state index contributed by atoms with van der Waals surface area (Å²) in [5, 5.41) is 3.57. The van der Waals surface area contributed by atoms with Gasteiger partial charge in [0, 0.05) is 12.4 Å². The Morgan fingerprint density at radius 3 is 2.71 bits per heavy atom. The van der Waals surface area contributed by atoms with Crippen molar-refractivity contribution in [3.8, 4) is 0 Å². The lowest BCUT2D eigenvalue weighted by atomic mass is 10.2. The van der Waals surface area contributed by atoms with Crippen molar-refractivity contribution in [1.29, 1.82) is 0 Å². The first-order chi connectivity index (χ1) is 8.34. The normalized spacial score (nSPS) is 10.8. The van der Waals surface area contributed by atoms with E-state index in [0.29, 0.717) is 6.54 Å². The number of aromatic nitrogens is 3. The summed E-state index contributed by atoms with van der Waals surface area (Å²) in [6.07, 6.45) is 3.50. The summed E-state index contributed by atoms with van der Waals surface area (Å²) in [7, 11) is 0. The summed E-state index contributed by atoms with van der Waals surface area (Å²) < 4.78 is 1.85. The van der Waals surface area contributed by atoms with Crippen molar-refractivity contribution in [1.82, 2.24) is 14.8 Å². The molecule has 4 nitrogen and oxygen atoms in total. The Morgan fingerprint density at radius 2 is 1.88 bits per heavy atom. The van der Waals surface area contributed by atoms with Gasteiger partial charge in [0.25, 0.3) is 5.56 Å². The van der Waals surface area contributed by atoms with E-state index in [0.717, 1.165) is 16.5 Å². The molecule has 0 aliphatic heterocycles. The zero-order valence-electron chi connectivity index (χ0n) is 9.13. The molecule has 17 heavy (non-hydrogen) atoms. The van der Waals surface area contributed by atoms with Gasteiger partial charge < -0.3 is 0 Å². The van der Waals surface area contributed by atoms with Crippen LogP contribution in [0.3, 0.4) is 0 Å². The molecule has 84 valence electrons. The van der Waals surface area contributed by atoms with E-state index in [-0.39, 0.29) is 5.56 Å². The van der Waals surface area contributed by atoms with E-state index < -0.39 is 0 Å². The van der Waals surface area contributed by atoms with Gasteiger partial charge >= 0.3 is 0 Å². The molecule has 0 saturated heterocycles. The molecule has 0 bridgehead atoms. The van der Waals surface area contributed by atoms with E-state index in [1.54, 1.807) is 12.4 Å². The number of fused-ring (bicyclic) bond motifs is 1. The van der Waals surface area contributed by atoms with Crippen LogP contribution in [0.1, 0.15) is 5.56 Å². The zero-order valence-corrected chi connectivity index (χ0v) is 9.13. The van der Waals surface area contributed by atoms with Crippen molar-refractivity contribution in [3.63, 3.8) is 0 Å². The van der Waals surface area contributed by atoms with Gasteiger partial charge in [-0.25, -0.2) is 0 Å². The Bertz CT molecular complexity index is 697. The van der Waals surface area contributed by atoms with Crippen molar-refractivity contribution >= 4 is 10.9 Å². The second kappa shape index (κ2) is 3.90. The molecule has 1 aromatic carbocycles. The Labute approximate surface area is 97.5 Å². The number of aromatic amines is 1. The second-order valence-electron chi connectivity index (χ2n) is 3.90. The molecule has 0 unspecified atom stereocenters. The van der Waals surface area contributed by atoms with Gasteiger partial charge in [-0.1, -0.05) is 12.1 Å². The number of nitrogens with one attached hydrogen (secondary N) is 1. The summed E-state index contributed by atoms with van der Waals surface area (Å²) in [5.74, 6) is 0. The maximum atomic E-state index is 11.7. The van der Waals surface area contributed by atoms with Gasteiger partial charge in [0.1, 0.15) is 0 Å². The summed E-state index contributed by atoms with van der Waals surface area (Å²) in [6.45, 7) is 0.644. The molecule has 0 aliphatic rings. The quantitative estimate of drug-likeness (QED) is 0.722. The molecule has 3 aromatic rings. The molecule has 0 saturated carbocycles. The van der Waals surface area contributed by atoms with Crippen LogP contribution in [-0.4, -0.2) is 14.8 Å². The highest BCUT2D eigenvalue weighted by Crippen LogP contribution is 2.10. The average Bonchev–Trinajstić information content (AvgIpc) is 2.69. The monoisotopic (exact) mass is 225 g/mol. The summed E-state index contributed by atoms with van der Waals surface area (Å²) in [6, 6.07) is 11.4. The number of hydrogen-bond donors (Lipinski definition) is 1. The minimum Gasteiger partial charge on any atom is -0.280 e. The van der Waals surface area contributed by atoms with E-state index in [1.165, 1.54) is 0 Å². The Hall–Kier alpha value is -2.36. The van der Waals surface area contributed by atoms with Crippen LogP contribution in [-0.2, 0) is 6.54 Å². The second-order valence-corrected chi connectivity index (χ2v) is 3.90. The molecule has 0 atom stereocenters. The standard InChI is InChI=1S/C13H11N3O/c17-13-11-3-1-2-4-12(11)16(15-13)9-10-5-7-14-8-6-10/h1-8H,9H2,(H,15,17). The largest absolute Gasteiger partial charge is 0.280 e. The maximum Gasteiger partial charge on any atom is 0.271 e. The predicted octanol–water partition coefficient (Wildman–Crippen LogP) is 1.77. The third-order valence-corrected chi connectivity index (χ3v) is 2.77. The molecule has 2 heterocycles. The zero-order chi connectivity index (χ0) is 11.7. The van der Waals surface area contributed by atoms with Crippen LogP contribution < -0.4 is 5.56 Å². The number of para-hydroxylation sites is 1. The molecule has 0 aliphatic carbocycles. The van der Waals surface area contributed by atoms with Crippen LogP contribution in [0.2, 0.25) is 0 Å². The van der Waals surface area contributed by atoms with E-state index in [1.807, 2.05) is 41.1 Å². The number of rotatable bonds is 2. The van der Waals surface area contributed by atoms with Crippen LogP contribution in [0.15, 0.2) is 53.6 Å². The molecule has 0 radical (unpaired) electrons. The van der Waals surface area contributed by atoms with Gasteiger partial charge in [-0.05, 0) is 29.8 Å². The van der Waals surface area contributed by atoms with Crippen LogP contribution in [0.25, 0.3) is 10.9 Å². The van der Waals surface area contributed by atoms with Gasteiger partial charge in [0.15, 0.2) is 0 Å². The molecular formula is C13H11N3O.